The zero-order valence-corrected chi connectivity index (χ0v) is 20.1. The lowest BCUT2D eigenvalue weighted by atomic mass is 9.76. The minimum absolute atomic E-state index is 0.102. The molecule has 4 heterocycles. The summed E-state index contributed by atoms with van der Waals surface area (Å²) in [5.41, 5.74) is -2.18. The van der Waals surface area contributed by atoms with Crippen LogP contribution in [0.25, 0.3) is 0 Å². The van der Waals surface area contributed by atoms with Crippen LogP contribution in [-0.4, -0.2) is 81.8 Å². The van der Waals surface area contributed by atoms with Gasteiger partial charge in [-0.05, 0) is 44.4 Å². The van der Waals surface area contributed by atoms with Crippen LogP contribution in [0.15, 0.2) is 4.79 Å². The van der Waals surface area contributed by atoms with E-state index in [4.69, 9.17) is 0 Å². The first-order chi connectivity index (χ1) is 16.7. The van der Waals surface area contributed by atoms with Crippen LogP contribution in [0.5, 0.6) is 5.75 Å². The van der Waals surface area contributed by atoms with E-state index < -0.39 is 40.3 Å². The summed E-state index contributed by atoms with van der Waals surface area (Å²) in [5, 5.41) is 15.6. The SMILES string of the molecule is CNC(=O)C(=O)N(C)C12CCC(CC1)Cn1c2nc(C(=O)NCCCN2CCCC2=O)c(O)c1=O. The van der Waals surface area contributed by atoms with Gasteiger partial charge in [-0.25, -0.2) is 4.98 Å². The molecular weight excluding hydrogens is 456 g/mol. The van der Waals surface area contributed by atoms with Gasteiger partial charge in [0, 0.05) is 46.7 Å². The number of likely N-dealkylation sites (N-methyl/N-ethyl adjacent to an activating group) is 2. The van der Waals surface area contributed by atoms with Gasteiger partial charge in [-0.3, -0.25) is 28.5 Å². The summed E-state index contributed by atoms with van der Waals surface area (Å²) in [6, 6.07) is 0. The van der Waals surface area contributed by atoms with Crippen molar-refractivity contribution in [2.45, 2.75) is 57.0 Å². The Balaban J connectivity index is 1.61. The van der Waals surface area contributed by atoms with Crippen LogP contribution in [-0.2, 0) is 26.5 Å². The molecule has 0 radical (unpaired) electrons. The van der Waals surface area contributed by atoms with Crippen molar-refractivity contribution in [3.8, 4) is 5.75 Å². The highest BCUT2D eigenvalue weighted by Gasteiger charge is 2.49. The third kappa shape index (κ3) is 4.37. The van der Waals surface area contributed by atoms with Crippen LogP contribution in [0.4, 0.5) is 0 Å². The van der Waals surface area contributed by atoms with Crippen LogP contribution in [0.1, 0.15) is 61.3 Å². The zero-order chi connectivity index (χ0) is 25.3. The van der Waals surface area contributed by atoms with Gasteiger partial charge < -0.3 is 25.5 Å². The number of hydrogen-bond donors (Lipinski definition) is 3. The third-order valence-corrected chi connectivity index (χ3v) is 7.58. The second kappa shape index (κ2) is 9.67. The van der Waals surface area contributed by atoms with Gasteiger partial charge >= 0.3 is 11.8 Å². The Morgan fingerprint density at radius 1 is 1.23 bits per heavy atom. The molecule has 1 aliphatic carbocycles. The van der Waals surface area contributed by atoms with E-state index in [1.165, 1.54) is 23.6 Å². The number of nitrogens with one attached hydrogen (secondary N) is 2. The maximum absolute atomic E-state index is 13.1. The second-order valence-corrected chi connectivity index (χ2v) is 9.56. The number of carbonyl (C=O) groups is 4. The molecular formula is C23H32N6O6. The lowest BCUT2D eigenvalue weighted by Crippen LogP contribution is -2.54. The molecule has 0 atom stereocenters. The molecule has 5 rings (SSSR count). The highest BCUT2D eigenvalue weighted by Crippen LogP contribution is 2.46. The molecule has 3 aliphatic heterocycles. The second-order valence-electron chi connectivity index (χ2n) is 9.56. The number of likely N-dealkylation sites (tertiary alicyclic amines) is 1. The number of amides is 4. The number of aromatic nitrogens is 2. The predicted octanol–water partition coefficient (Wildman–Crippen LogP) is -0.705. The fourth-order valence-corrected chi connectivity index (χ4v) is 5.48. The smallest absolute Gasteiger partial charge is 0.312 e. The fraction of sp³-hybridized carbons (Fsp3) is 0.652. The lowest BCUT2D eigenvalue weighted by molar-refractivity contribution is -0.150. The van der Waals surface area contributed by atoms with Crippen molar-refractivity contribution in [3.63, 3.8) is 0 Å². The number of rotatable bonds is 6. The Morgan fingerprint density at radius 2 is 1.94 bits per heavy atom. The van der Waals surface area contributed by atoms with Gasteiger partial charge in [-0.15, -0.1) is 0 Å². The molecule has 4 aliphatic rings. The molecule has 1 saturated heterocycles. The molecule has 35 heavy (non-hydrogen) atoms. The Hall–Kier alpha value is -3.44. The minimum Gasteiger partial charge on any atom is -0.501 e. The Labute approximate surface area is 202 Å². The van der Waals surface area contributed by atoms with Crippen LogP contribution in [0.2, 0.25) is 0 Å². The average molecular weight is 489 g/mol. The predicted molar refractivity (Wildman–Crippen MR) is 123 cm³/mol. The Morgan fingerprint density at radius 3 is 2.57 bits per heavy atom. The molecule has 12 heteroatoms. The topological polar surface area (TPSA) is 154 Å². The van der Waals surface area contributed by atoms with E-state index in [9.17, 15) is 29.1 Å². The molecule has 0 spiro atoms. The van der Waals surface area contributed by atoms with E-state index in [2.05, 4.69) is 15.6 Å². The van der Waals surface area contributed by atoms with E-state index in [-0.39, 0.29) is 24.2 Å². The first-order valence-electron chi connectivity index (χ1n) is 12.1. The van der Waals surface area contributed by atoms with Gasteiger partial charge in [0.25, 0.3) is 11.5 Å². The molecule has 4 amide bonds. The van der Waals surface area contributed by atoms with Crippen molar-refractivity contribution in [3.05, 3.63) is 21.9 Å². The van der Waals surface area contributed by atoms with E-state index in [0.717, 1.165) is 6.42 Å². The lowest BCUT2D eigenvalue weighted by Gasteiger charge is -2.43. The van der Waals surface area contributed by atoms with Crippen molar-refractivity contribution in [2.75, 3.05) is 33.7 Å². The number of aromatic hydroxyl groups is 1. The van der Waals surface area contributed by atoms with Crippen LogP contribution < -0.4 is 16.2 Å². The molecule has 1 saturated carbocycles. The van der Waals surface area contributed by atoms with Crippen molar-refractivity contribution in [2.24, 2.45) is 5.92 Å². The van der Waals surface area contributed by atoms with E-state index in [1.54, 1.807) is 4.90 Å². The van der Waals surface area contributed by atoms with E-state index >= 15 is 0 Å². The molecule has 3 N–H and O–H groups in total. The summed E-state index contributed by atoms with van der Waals surface area (Å²) in [7, 11) is 2.87. The first-order valence-corrected chi connectivity index (χ1v) is 12.1. The molecule has 190 valence electrons. The van der Waals surface area contributed by atoms with Gasteiger partial charge in [0.05, 0.1) is 0 Å². The van der Waals surface area contributed by atoms with E-state index in [0.29, 0.717) is 58.2 Å². The van der Waals surface area contributed by atoms with Gasteiger partial charge in [0.15, 0.2) is 5.69 Å². The highest BCUT2D eigenvalue weighted by molar-refractivity contribution is 6.35. The first kappa shape index (κ1) is 24.7. The minimum atomic E-state index is -1.05. The fourth-order valence-electron chi connectivity index (χ4n) is 5.48. The molecule has 0 aromatic carbocycles. The van der Waals surface area contributed by atoms with Gasteiger partial charge in [0.1, 0.15) is 11.4 Å². The number of nitrogens with zero attached hydrogens (tertiary/aromatic N) is 4. The van der Waals surface area contributed by atoms with Gasteiger partial charge in [-0.2, -0.15) is 0 Å². The average Bonchev–Trinajstić information content (AvgIpc) is 3.12. The molecule has 0 unspecified atom stereocenters. The van der Waals surface area contributed by atoms with Crippen LogP contribution in [0, 0.1) is 5.92 Å². The molecule has 2 fully saturated rings. The Bertz CT molecular complexity index is 1110. The summed E-state index contributed by atoms with van der Waals surface area (Å²) in [4.78, 5) is 70.2. The summed E-state index contributed by atoms with van der Waals surface area (Å²) in [5.74, 6) is -2.50. The van der Waals surface area contributed by atoms with Gasteiger partial charge in [-0.1, -0.05) is 0 Å². The summed E-state index contributed by atoms with van der Waals surface area (Å²) in [6.07, 6.45) is 4.30. The molecule has 2 bridgehead atoms. The van der Waals surface area contributed by atoms with Crippen molar-refractivity contribution < 1.29 is 24.3 Å². The van der Waals surface area contributed by atoms with E-state index in [1.807, 2.05) is 0 Å². The van der Waals surface area contributed by atoms with Gasteiger partial charge in [0.2, 0.25) is 11.7 Å². The maximum Gasteiger partial charge on any atom is 0.312 e. The molecule has 1 aromatic rings. The molecule has 1 aromatic heterocycles. The highest BCUT2D eigenvalue weighted by atomic mass is 16.3. The number of hydrogen-bond acceptors (Lipinski definition) is 7. The van der Waals surface area contributed by atoms with Crippen LogP contribution >= 0.6 is 0 Å². The van der Waals surface area contributed by atoms with Crippen molar-refractivity contribution in [1.29, 1.82) is 0 Å². The largest absolute Gasteiger partial charge is 0.501 e. The summed E-state index contributed by atoms with van der Waals surface area (Å²) >= 11 is 0. The van der Waals surface area contributed by atoms with Crippen LogP contribution in [0.3, 0.4) is 0 Å². The van der Waals surface area contributed by atoms with Crippen molar-refractivity contribution >= 4 is 23.6 Å². The van der Waals surface area contributed by atoms with Crippen molar-refractivity contribution in [1.82, 2.24) is 30.0 Å². The normalized spacial score (nSPS) is 23.0. The number of carbonyl (C=O) groups excluding carboxylic acids is 4. The summed E-state index contributed by atoms with van der Waals surface area (Å²) in [6.45, 7) is 1.79. The third-order valence-electron chi connectivity index (χ3n) is 7.58. The maximum atomic E-state index is 13.1. The summed E-state index contributed by atoms with van der Waals surface area (Å²) < 4.78 is 1.35. The Kier molecular flexibility index (Phi) is 6.82. The molecule has 12 nitrogen and oxygen atoms in total. The zero-order valence-electron chi connectivity index (χ0n) is 20.1. The quantitative estimate of drug-likeness (QED) is 0.353. The number of fused-ring (bicyclic) bond motifs is 2. The standard InChI is InChI=1S/C23H32N6O6/c1-24-19(33)21(35)27(2)23-8-6-14(7-9-23)13-29-20(34)17(31)16(26-22(23)29)18(32)25-10-4-12-28-11-3-5-15(28)30/h14,31H,3-13H2,1-2H3,(H,24,33)(H,25,32). The monoisotopic (exact) mass is 488 g/mol.